The van der Waals surface area contributed by atoms with E-state index in [1.807, 2.05) is 18.4 Å². The molecule has 3 heteroatoms. The summed E-state index contributed by atoms with van der Waals surface area (Å²) in [5.41, 5.74) is 1.71. The van der Waals surface area contributed by atoms with Crippen molar-refractivity contribution in [3.05, 3.63) is 15.6 Å². The van der Waals surface area contributed by atoms with Gasteiger partial charge in [0.15, 0.2) is 0 Å². The summed E-state index contributed by atoms with van der Waals surface area (Å²) in [7, 11) is 2.05. The van der Waals surface area contributed by atoms with Crippen LogP contribution in [0.3, 0.4) is 0 Å². The minimum Gasteiger partial charge on any atom is -0.319 e. The fraction of sp³-hybridized carbons (Fsp3) is 0.769. The highest BCUT2D eigenvalue weighted by molar-refractivity contribution is 7.12. The fourth-order valence-corrected chi connectivity index (χ4v) is 3.88. The van der Waals surface area contributed by atoms with Crippen molar-refractivity contribution < 1.29 is 0 Å². The first-order valence-corrected chi connectivity index (χ1v) is 7.00. The smallest absolute Gasteiger partial charge is 0.0933 e. The molecule has 2 nitrogen and oxygen atoms in total. The summed E-state index contributed by atoms with van der Waals surface area (Å²) in [5, 5.41) is 4.65. The molecule has 90 valence electrons. The van der Waals surface area contributed by atoms with Crippen molar-refractivity contribution in [1.29, 1.82) is 0 Å². The quantitative estimate of drug-likeness (QED) is 0.853. The summed E-state index contributed by atoms with van der Waals surface area (Å²) in [6, 6.07) is 0. The molecule has 0 bridgehead atoms. The summed E-state index contributed by atoms with van der Waals surface area (Å²) in [6.07, 6.45) is 3.79. The minimum atomic E-state index is 0.436. The molecule has 1 aliphatic carbocycles. The molecule has 0 spiro atoms. The number of thiazole rings is 1. The van der Waals surface area contributed by atoms with E-state index in [1.54, 1.807) is 0 Å². The van der Waals surface area contributed by atoms with Crippen LogP contribution in [0.15, 0.2) is 0 Å². The highest BCUT2D eigenvalue weighted by Crippen LogP contribution is 2.51. The van der Waals surface area contributed by atoms with Crippen molar-refractivity contribution in [3.8, 4) is 0 Å². The first-order chi connectivity index (χ1) is 7.57. The molecular formula is C13H22N2S. The monoisotopic (exact) mass is 238 g/mol. The van der Waals surface area contributed by atoms with Crippen molar-refractivity contribution >= 4 is 11.3 Å². The molecule has 0 atom stereocenters. The number of aromatic nitrogens is 1. The van der Waals surface area contributed by atoms with Gasteiger partial charge in [-0.3, -0.25) is 0 Å². The first-order valence-electron chi connectivity index (χ1n) is 6.19. The van der Waals surface area contributed by atoms with Gasteiger partial charge in [0.2, 0.25) is 0 Å². The lowest BCUT2D eigenvalue weighted by Crippen LogP contribution is -2.23. The van der Waals surface area contributed by atoms with E-state index in [0.29, 0.717) is 11.3 Å². The number of rotatable bonds is 5. The molecule has 2 rings (SSSR count). The van der Waals surface area contributed by atoms with Crippen LogP contribution in [0.5, 0.6) is 0 Å². The van der Waals surface area contributed by atoms with Gasteiger partial charge in [-0.25, -0.2) is 4.98 Å². The Hall–Kier alpha value is -0.410. The van der Waals surface area contributed by atoms with E-state index in [1.165, 1.54) is 28.4 Å². The summed E-state index contributed by atoms with van der Waals surface area (Å²) in [4.78, 5) is 6.27. The van der Waals surface area contributed by atoms with Crippen molar-refractivity contribution in [1.82, 2.24) is 10.3 Å². The van der Waals surface area contributed by atoms with Gasteiger partial charge in [-0.05, 0) is 32.7 Å². The summed E-state index contributed by atoms with van der Waals surface area (Å²) >= 11 is 1.95. The molecule has 0 aromatic carbocycles. The molecule has 16 heavy (non-hydrogen) atoms. The number of nitrogens with zero attached hydrogens (tertiary/aromatic N) is 1. The molecule has 0 saturated heterocycles. The molecule has 1 saturated carbocycles. The standard InChI is InChI=1S/C13H22N2S/c1-9(2)7-11-15-10(3)12(16-11)13(5-6-13)8-14-4/h9,14H,5-8H2,1-4H3. The number of hydrogen-bond donors (Lipinski definition) is 1. The molecule has 0 amide bonds. The molecule has 1 aromatic heterocycles. The van der Waals surface area contributed by atoms with Gasteiger partial charge in [-0.2, -0.15) is 0 Å². The first kappa shape index (κ1) is 12.1. The van der Waals surface area contributed by atoms with Crippen LogP contribution in [0.1, 0.15) is 42.3 Å². The highest BCUT2D eigenvalue weighted by atomic mass is 32.1. The molecule has 1 heterocycles. The Morgan fingerprint density at radius 3 is 2.62 bits per heavy atom. The Labute approximate surface area is 102 Å². The topological polar surface area (TPSA) is 24.9 Å². The van der Waals surface area contributed by atoms with Crippen LogP contribution in [0.2, 0.25) is 0 Å². The van der Waals surface area contributed by atoms with Gasteiger partial charge < -0.3 is 5.32 Å². The van der Waals surface area contributed by atoms with Gasteiger partial charge in [-0.15, -0.1) is 11.3 Å². The Morgan fingerprint density at radius 2 is 2.12 bits per heavy atom. The zero-order chi connectivity index (χ0) is 11.8. The lowest BCUT2D eigenvalue weighted by Gasteiger charge is -2.12. The van der Waals surface area contributed by atoms with Crippen molar-refractivity contribution in [2.75, 3.05) is 13.6 Å². The molecular weight excluding hydrogens is 216 g/mol. The van der Waals surface area contributed by atoms with Gasteiger partial charge in [0.25, 0.3) is 0 Å². The van der Waals surface area contributed by atoms with Crippen LogP contribution in [-0.4, -0.2) is 18.6 Å². The molecule has 0 radical (unpaired) electrons. The highest BCUT2D eigenvalue weighted by Gasteiger charge is 2.46. The van der Waals surface area contributed by atoms with E-state index in [4.69, 9.17) is 4.98 Å². The van der Waals surface area contributed by atoms with Crippen LogP contribution in [-0.2, 0) is 11.8 Å². The summed E-state index contributed by atoms with van der Waals surface area (Å²) in [5.74, 6) is 0.706. The third-order valence-electron chi connectivity index (χ3n) is 3.27. The minimum absolute atomic E-state index is 0.436. The Kier molecular flexibility index (Phi) is 3.36. The lowest BCUT2D eigenvalue weighted by molar-refractivity contribution is 0.629. The van der Waals surface area contributed by atoms with E-state index in [-0.39, 0.29) is 0 Å². The van der Waals surface area contributed by atoms with Gasteiger partial charge in [0, 0.05) is 23.3 Å². The largest absolute Gasteiger partial charge is 0.319 e. The Bertz CT molecular complexity index is 364. The normalized spacial score (nSPS) is 18.1. The van der Waals surface area contributed by atoms with E-state index >= 15 is 0 Å². The zero-order valence-electron chi connectivity index (χ0n) is 10.8. The fourth-order valence-electron chi connectivity index (χ4n) is 2.35. The molecule has 1 aromatic rings. The second kappa shape index (κ2) is 4.46. The van der Waals surface area contributed by atoms with Gasteiger partial charge in [-0.1, -0.05) is 13.8 Å². The number of aryl methyl sites for hydroxylation is 1. The summed E-state index contributed by atoms with van der Waals surface area (Å²) in [6.45, 7) is 7.80. The molecule has 1 N–H and O–H groups in total. The molecule has 0 aliphatic heterocycles. The predicted octanol–water partition coefficient (Wildman–Crippen LogP) is 2.90. The average molecular weight is 238 g/mol. The second-order valence-corrected chi connectivity index (χ2v) is 6.51. The molecule has 0 unspecified atom stereocenters. The van der Waals surface area contributed by atoms with Crippen molar-refractivity contribution in [3.63, 3.8) is 0 Å². The maximum Gasteiger partial charge on any atom is 0.0933 e. The maximum atomic E-state index is 4.73. The number of likely N-dealkylation sites (N-methyl/N-ethyl adjacent to an activating group) is 1. The van der Waals surface area contributed by atoms with Crippen LogP contribution in [0, 0.1) is 12.8 Å². The zero-order valence-corrected chi connectivity index (χ0v) is 11.6. The number of nitrogens with one attached hydrogen (secondary N) is 1. The predicted molar refractivity (Wildman–Crippen MR) is 70.2 cm³/mol. The van der Waals surface area contributed by atoms with E-state index < -0.39 is 0 Å². The second-order valence-electron chi connectivity index (χ2n) is 5.43. The third-order valence-corrected chi connectivity index (χ3v) is 4.70. The lowest BCUT2D eigenvalue weighted by atomic mass is 10.0. The van der Waals surface area contributed by atoms with Gasteiger partial charge in [0.05, 0.1) is 10.7 Å². The Morgan fingerprint density at radius 1 is 1.44 bits per heavy atom. The van der Waals surface area contributed by atoms with Gasteiger partial charge >= 0.3 is 0 Å². The van der Waals surface area contributed by atoms with Crippen molar-refractivity contribution in [2.45, 2.75) is 45.4 Å². The van der Waals surface area contributed by atoms with Gasteiger partial charge in [0.1, 0.15) is 0 Å². The van der Waals surface area contributed by atoms with Crippen LogP contribution in [0.25, 0.3) is 0 Å². The van der Waals surface area contributed by atoms with Crippen LogP contribution < -0.4 is 5.32 Å². The van der Waals surface area contributed by atoms with Crippen molar-refractivity contribution in [2.24, 2.45) is 5.92 Å². The maximum absolute atomic E-state index is 4.73. The van der Waals surface area contributed by atoms with E-state index in [2.05, 4.69) is 26.1 Å². The van der Waals surface area contributed by atoms with E-state index in [9.17, 15) is 0 Å². The SMILES string of the molecule is CNCC1(c2sc(CC(C)C)nc2C)CC1. The van der Waals surface area contributed by atoms with Crippen LogP contribution in [0.4, 0.5) is 0 Å². The van der Waals surface area contributed by atoms with E-state index in [0.717, 1.165) is 13.0 Å². The Balaban J connectivity index is 2.18. The average Bonchev–Trinajstić information content (AvgIpc) is 2.86. The number of hydrogen-bond acceptors (Lipinski definition) is 3. The third kappa shape index (κ3) is 2.30. The summed E-state index contributed by atoms with van der Waals surface area (Å²) < 4.78 is 0. The molecule has 1 aliphatic rings. The molecule has 1 fully saturated rings. The van der Waals surface area contributed by atoms with Crippen LogP contribution >= 0.6 is 11.3 Å².